The van der Waals surface area contributed by atoms with Crippen molar-refractivity contribution < 1.29 is 9.72 Å². The summed E-state index contributed by atoms with van der Waals surface area (Å²) in [5.74, 6) is -0.371. The van der Waals surface area contributed by atoms with Gasteiger partial charge in [-0.25, -0.2) is 4.98 Å². The zero-order valence-electron chi connectivity index (χ0n) is 11.6. The average molecular weight is 340 g/mol. The number of rotatable bonds is 3. The second-order valence-electron chi connectivity index (χ2n) is 4.86. The van der Waals surface area contributed by atoms with Gasteiger partial charge in [-0.2, -0.15) is 0 Å². The van der Waals surface area contributed by atoms with Gasteiger partial charge in [-0.05, 0) is 31.7 Å². The molecule has 116 valence electrons. The zero-order chi connectivity index (χ0) is 14.8. The fourth-order valence-electron chi connectivity index (χ4n) is 2.34. The van der Waals surface area contributed by atoms with Gasteiger partial charge in [-0.3, -0.25) is 20.2 Å². The molecule has 1 aromatic heterocycles. The number of amides is 1. The Labute approximate surface area is 137 Å². The van der Waals surface area contributed by atoms with Crippen LogP contribution in [0, 0.1) is 10.1 Å². The first-order valence-corrected chi connectivity index (χ1v) is 7.49. The van der Waals surface area contributed by atoms with Crippen molar-refractivity contribution in [2.24, 2.45) is 0 Å². The van der Waals surface area contributed by atoms with E-state index in [2.05, 4.69) is 10.3 Å². The highest BCUT2D eigenvalue weighted by molar-refractivity contribution is 7.15. The number of nitro groups is 1. The number of aryl methyl sites for hydroxylation is 2. The fraction of sp³-hybridized carbons (Fsp3) is 0.286. The average Bonchev–Trinajstić information content (AvgIpc) is 2.89. The summed E-state index contributed by atoms with van der Waals surface area (Å²) < 4.78 is 0. The Balaban J connectivity index is 0.00000176. The lowest BCUT2D eigenvalue weighted by Gasteiger charge is -2.06. The number of benzene rings is 1. The third kappa shape index (κ3) is 3.42. The highest BCUT2D eigenvalue weighted by Gasteiger charge is 2.17. The maximum absolute atomic E-state index is 12.1. The molecule has 6 nitrogen and oxygen atoms in total. The first kappa shape index (κ1) is 16.4. The lowest BCUT2D eigenvalue weighted by atomic mass is 10.0. The van der Waals surface area contributed by atoms with Crippen LogP contribution in [0.2, 0.25) is 0 Å². The molecular weight excluding hydrogens is 326 g/mol. The standard InChI is InChI=1S/C14H13N3O3S.ClH/c18-13(9-4-3-5-10(8-9)17(19)20)16-14-15-11-6-1-2-7-12(11)21-14;/h3-5,8H,1-2,6-7H2,(H,15,16,18);1H. The molecule has 0 bridgehead atoms. The normalized spacial score (nSPS) is 12.9. The molecule has 22 heavy (non-hydrogen) atoms. The second-order valence-corrected chi connectivity index (χ2v) is 5.94. The Morgan fingerprint density at radius 1 is 1.32 bits per heavy atom. The Morgan fingerprint density at radius 3 is 2.82 bits per heavy atom. The molecule has 0 unspecified atom stereocenters. The van der Waals surface area contributed by atoms with Gasteiger partial charge in [0.15, 0.2) is 5.13 Å². The van der Waals surface area contributed by atoms with E-state index in [0.717, 1.165) is 31.4 Å². The number of hydrogen-bond donors (Lipinski definition) is 1. The molecule has 1 heterocycles. The third-order valence-electron chi connectivity index (χ3n) is 3.39. The van der Waals surface area contributed by atoms with Crippen LogP contribution >= 0.6 is 23.7 Å². The summed E-state index contributed by atoms with van der Waals surface area (Å²) in [6, 6.07) is 5.68. The zero-order valence-corrected chi connectivity index (χ0v) is 13.2. The van der Waals surface area contributed by atoms with Crippen LogP contribution in [0.3, 0.4) is 0 Å². The largest absolute Gasteiger partial charge is 0.298 e. The molecule has 2 aromatic rings. The number of anilines is 1. The first-order valence-electron chi connectivity index (χ1n) is 6.68. The Kier molecular flexibility index (Phi) is 5.10. The van der Waals surface area contributed by atoms with Crippen LogP contribution in [0.1, 0.15) is 33.8 Å². The number of carbonyl (C=O) groups excluding carboxylic acids is 1. The third-order valence-corrected chi connectivity index (χ3v) is 4.46. The molecule has 0 saturated carbocycles. The van der Waals surface area contributed by atoms with Crippen LogP contribution in [0.4, 0.5) is 10.8 Å². The van der Waals surface area contributed by atoms with Crippen molar-refractivity contribution >= 4 is 40.5 Å². The minimum Gasteiger partial charge on any atom is -0.298 e. The van der Waals surface area contributed by atoms with Crippen molar-refractivity contribution in [2.75, 3.05) is 5.32 Å². The molecular formula is C14H14ClN3O3S. The molecule has 1 amide bonds. The van der Waals surface area contributed by atoms with E-state index >= 15 is 0 Å². The van der Waals surface area contributed by atoms with Crippen LogP contribution in [0.25, 0.3) is 0 Å². The van der Waals surface area contributed by atoms with Gasteiger partial charge < -0.3 is 0 Å². The van der Waals surface area contributed by atoms with Crippen LogP contribution in [0.5, 0.6) is 0 Å². The van der Waals surface area contributed by atoms with Gasteiger partial charge in [0.1, 0.15) is 0 Å². The number of hydrogen-bond acceptors (Lipinski definition) is 5. The van der Waals surface area contributed by atoms with Crippen LogP contribution < -0.4 is 5.32 Å². The predicted molar refractivity (Wildman–Crippen MR) is 87.1 cm³/mol. The highest BCUT2D eigenvalue weighted by Crippen LogP contribution is 2.29. The van der Waals surface area contributed by atoms with Gasteiger partial charge in [0.2, 0.25) is 0 Å². The van der Waals surface area contributed by atoms with Crippen molar-refractivity contribution in [3.8, 4) is 0 Å². The summed E-state index contributed by atoms with van der Waals surface area (Å²) >= 11 is 1.49. The van der Waals surface area contributed by atoms with Crippen molar-refractivity contribution in [1.82, 2.24) is 4.98 Å². The van der Waals surface area contributed by atoms with Gasteiger partial charge in [-0.1, -0.05) is 6.07 Å². The summed E-state index contributed by atoms with van der Waals surface area (Å²) in [6.07, 6.45) is 4.26. The van der Waals surface area contributed by atoms with Crippen molar-refractivity contribution in [1.29, 1.82) is 0 Å². The van der Waals surface area contributed by atoms with Crippen molar-refractivity contribution in [3.63, 3.8) is 0 Å². The first-order chi connectivity index (χ1) is 10.1. The summed E-state index contributed by atoms with van der Waals surface area (Å²) in [5.41, 5.74) is 1.24. The van der Waals surface area contributed by atoms with E-state index in [1.165, 1.54) is 34.4 Å². The molecule has 0 aliphatic heterocycles. The molecule has 8 heteroatoms. The molecule has 0 saturated heterocycles. The number of nitrogens with one attached hydrogen (secondary N) is 1. The summed E-state index contributed by atoms with van der Waals surface area (Å²) in [5, 5.41) is 14.0. The number of aromatic nitrogens is 1. The van der Waals surface area contributed by atoms with E-state index in [1.807, 2.05) is 0 Å². The van der Waals surface area contributed by atoms with E-state index in [9.17, 15) is 14.9 Å². The second kappa shape index (κ2) is 6.85. The Hall–Kier alpha value is -1.99. The number of nitrogens with zero attached hydrogens (tertiary/aromatic N) is 2. The Bertz CT molecular complexity index is 694. The lowest BCUT2D eigenvalue weighted by molar-refractivity contribution is -0.384. The maximum atomic E-state index is 12.1. The monoisotopic (exact) mass is 339 g/mol. The van der Waals surface area contributed by atoms with Gasteiger partial charge in [0, 0.05) is 22.6 Å². The van der Waals surface area contributed by atoms with Crippen molar-refractivity contribution in [3.05, 3.63) is 50.5 Å². The Morgan fingerprint density at radius 2 is 2.09 bits per heavy atom. The van der Waals surface area contributed by atoms with Gasteiger partial charge in [0.05, 0.1) is 10.6 Å². The topological polar surface area (TPSA) is 85.1 Å². The predicted octanol–water partition coefficient (Wildman–Crippen LogP) is 3.60. The highest BCUT2D eigenvalue weighted by atomic mass is 35.5. The maximum Gasteiger partial charge on any atom is 0.270 e. The van der Waals surface area contributed by atoms with E-state index in [4.69, 9.17) is 0 Å². The van der Waals surface area contributed by atoms with E-state index in [1.54, 1.807) is 6.07 Å². The molecule has 0 radical (unpaired) electrons. The smallest absolute Gasteiger partial charge is 0.270 e. The lowest BCUT2D eigenvalue weighted by Crippen LogP contribution is -2.12. The quantitative estimate of drug-likeness (QED) is 0.683. The van der Waals surface area contributed by atoms with Crippen LogP contribution in [0.15, 0.2) is 24.3 Å². The number of non-ortho nitro benzene ring substituents is 1. The molecule has 0 atom stereocenters. The van der Waals surface area contributed by atoms with Gasteiger partial charge >= 0.3 is 0 Å². The molecule has 0 spiro atoms. The van der Waals surface area contributed by atoms with Crippen molar-refractivity contribution in [2.45, 2.75) is 25.7 Å². The van der Waals surface area contributed by atoms with Gasteiger partial charge in [0.25, 0.3) is 11.6 Å². The fourth-order valence-corrected chi connectivity index (χ4v) is 3.38. The summed E-state index contributed by atoms with van der Waals surface area (Å²) in [7, 11) is 0. The molecule has 1 aromatic carbocycles. The number of halogens is 1. The SMILES string of the molecule is Cl.O=C(Nc1nc2c(s1)CCCC2)c1cccc([N+](=O)[O-])c1. The number of carbonyl (C=O) groups is 1. The van der Waals surface area contributed by atoms with E-state index in [-0.39, 0.29) is 29.6 Å². The minimum atomic E-state index is -0.515. The van der Waals surface area contributed by atoms with E-state index < -0.39 is 4.92 Å². The summed E-state index contributed by atoms with van der Waals surface area (Å²) in [6.45, 7) is 0. The number of nitro benzene ring substituents is 1. The summed E-state index contributed by atoms with van der Waals surface area (Å²) in [4.78, 5) is 28.0. The molecule has 1 aliphatic carbocycles. The molecule has 1 N–H and O–H groups in total. The number of fused-ring (bicyclic) bond motifs is 1. The minimum absolute atomic E-state index is 0. The van der Waals surface area contributed by atoms with Crippen LogP contribution in [-0.4, -0.2) is 15.8 Å². The molecule has 1 aliphatic rings. The number of thiazole rings is 1. The van der Waals surface area contributed by atoms with E-state index in [0.29, 0.717) is 5.13 Å². The van der Waals surface area contributed by atoms with Crippen LogP contribution in [-0.2, 0) is 12.8 Å². The molecule has 0 fully saturated rings. The molecule has 3 rings (SSSR count). The van der Waals surface area contributed by atoms with Gasteiger partial charge in [-0.15, -0.1) is 23.7 Å².